The van der Waals surface area contributed by atoms with Crippen molar-refractivity contribution in [2.24, 2.45) is 11.1 Å². The van der Waals surface area contributed by atoms with Gasteiger partial charge in [0.2, 0.25) is 0 Å². The molecule has 0 heterocycles. The number of hydrogen-bond donors (Lipinski definition) is 1. The van der Waals surface area contributed by atoms with Crippen molar-refractivity contribution in [3.8, 4) is 5.75 Å². The molecule has 0 aliphatic rings. The fraction of sp³-hybridized carbons (Fsp3) is 0.625. The van der Waals surface area contributed by atoms with Crippen molar-refractivity contribution in [3.05, 3.63) is 29.8 Å². The highest BCUT2D eigenvalue weighted by atomic mass is 16.5. The molecule has 0 fully saturated rings. The van der Waals surface area contributed by atoms with Crippen LogP contribution in [0.4, 0.5) is 0 Å². The third kappa shape index (κ3) is 7.19. The molecule has 1 aromatic carbocycles. The summed E-state index contributed by atoms with van der Waals surface area (Å²) in [4.78, 5) is 2.36. The predicted octanol–water partition coefficient (Wildman–Crippen LogP) is 2.89. The quantitative estimate of drug-likeness (QED) is 0.770. The Balaban J connectivity index is 2.19. The van der Waals surface area contributed by atoms with Crippen LogP contribution in [0.1, 0.15) is 32.8 Å². The molecule has 19 heavy (non-hydrogen) atoms. The Labute approximate surface area is 117 Å². The second-order valence-electron chi connectivity index (χ2n) is 6.35. The molecule has 1 rings (SSSR count). The SMILES string of the molecule is CN(CCCOc1ccc(CN)cc1)CC(C)(C)C. The van der Waals surface area contributed by atoms with Gasteiger partial charge in [0, 0.05) is 19.6 Å². The van der Waals surface area contributed by atoms with Gasteiger partial charge in [-0.3, -0.25) is 0 Å². The van der Waals surface area contributed by atoms with E-state index in [0.717, 1.165) is 37.4 Å². The second-order valence-corrected chi connectivity index (χ2v) is 6.35. The van der Waals surface area contributed by atoms with Crippen molar-refractivity contribution < 1.29 is 4.74 Å². The van der Waals surface area contributed by atoms with Gasteiger partial charge in [0.1, 0.15) is 5.75 Å². The summed E-state index contributed by atoms with van der Waals surface area (Å²) in [6.45, 7) is 10.3. The minimum atomic E-state index is 0.355. The van der Waals surface area contributed by atoms with Crippen LogP contribution in [-0.4, -0.2) is 31.6 Å². The summed E-state index contributed by atoms with van der Waals surface area (Å²) < 4.78 is 5.72. The molecule has 108 valence electrons. The average molecular weight is 264 g/mol. The first-order valence-corrected chi connectivity index (χ1v) is 7.01. The summed E-state index contributed by atoms with van der Waals surface area (Å²) in [5, 5.41) is 0. The Bertz CT molecular complexity index is 354. The van der Waals surface area contributed by atoms with Gasteiger partial charge >= 0.3 is 0 Å². The normalized spacial score (nSPS) is 11.9. The van der Waals surface area contributed by atoms with E-state index in [9.17, 15) is 0 Å². The van der Waals surface area contributed by atoms with E-state index in [1.807, 2.05) is 24.3 Å². The van der Waals surface area contributed by atoms with Crippen LogP contribution >= 0.6 is 0 Å². The minimum Gasteiger partial charge on any atom is -0.494 e. The summed E-state index contributed by atoms with van der Waals surface area (Å²) in [5.74, 6) is 0.927. The highest BCUT2D eigenvalue weighted by Gasteiger charge is 2.12. The molecule has 0 spiro atoms. The van der Waals surface area contributed by atoms with Crippen molar-refractivity contribution in [2.45, 2.75) is 33.7 Å². The Morgan fingerprint density at radius 2 is 1.79 bits per heavy atom. The van der Waals surface area contributed by atoms with Crippen LogP contribution in [0, 0.1) is 5.41 Å². The van der Waals surface area contributed by atoms with Crippen molar-refractivity contribution in [1.29, 1.82) is 0 Å². The van der Waals surface area contributed by atoms with Gasteiger partial charge in [-0.05, 0) is 36.6 Å². The van der Waals surface area contributed by atoms with E-state index in [0.29, 0.717) is 12.0 Å². The largest absolute Gasteiger partial charge is 0.494 e. The Hall–Kier alpha value is -1.06. The molecular formula is C16H28N2O. The summed E-state index contributed by atoms with van der Waals surface area (Å²) in [7, 11) is 2.17. The highest BCUT2D eigenvalue weighted by molar-refractivity contribution is 5.26. The van der Waals surface area contributed by atoms with E-state index in [-0.39, 0.29) is 0 Å². The monoisotopic (exact) mass is 264 g/mol. The molecule has 0 saturated heterocycles. The molecule has 0 atom stereocenters. The second kappa shape index (κ2) is 7.51. The summed E-state index contributed by atoms with van der Waals surface area (Å²) in [5.41, 5.74) is 7.05. The van der Waals surface area contributed by atoms with Crippen molar-refractivity contribution >= 4 is 0 Å². The van der Waals surface area contributed by atoms with Crippen LogP contribution in [0.3, 0.4) is 0 Å². The minimum absolute atomic E-state index is 0.355. The molecule has 0 aliphatic carbocycles. The average Bonchev–Trinajstić information content (AvgIpc) is 2.33. The van der Waals surface area contributed by atoms with Gasteiger partial charge in [-0.25, -0.2) is 0 Å². The van der Waals surface area contributed by atoms with E-state index < -0.39 is 0 Å². The molecule has 0 bridgehead atoms. The molecule has 0 aromatic heterocycles. The smallest absolute Gasteiger partial charge is 0.119 e. The van der Waals surface area contributed by atoms with Gasteiger partial charge in [-0.1, -0.05) is 32.9 Å². The maximum Gasteiger partial charge on any atom is 0.119 e. The van der Waals surface area contributed by atoms with E-state index in [4.69, 9.17) is 10.5 Å². The molecular weight excluding hydrogens is 236 g/mol. The molecule has 0 saturated carbocycles. The van der Waals surface area contributed by atoms with E-state index in [2.05, 4.69) is 32.7 Å². The topological polar surface area (TPSA) is 38.5 Å². The van der Waals surface area contributed by atoms with Crippen LogP contribution in [-0.2, 0) is 6.54 Å². The van der Waals surface area contributed by atoms with Gasteiger partial charge in [0.05, 0.1) is 6.61 Å². The van der Waals surface area contributed by atoms with Crippen LogP contribution in [0.5, 0.6) is 5.75 Å². The lowest BCUT2D eigenvalue weighted by atomic mass is 9.96. The van der Waals surface area contributed by atoms with Gasteiger partial charge in [-0.15, -0.1) is 0 Å². The molecule has 1 aromatic rings. The number of benzene rings is 1. The number of hydrogen-bond acceptors (Lipinski definition) is 3. The fourth-order valence-corrected chi connectivity index (χ4v) is 2.14. The Morgan fingerprint density at radius 3 is 2.32 bits per heavy atom. The first-order chi connectivity index (χ1) is 8.90. The van der Waals surface area contributed by atoms with Crippen molar-refractivity contribution in [2.75, 3.05) is 26.7 Å². The van der Waals surface area contributed by atoms with Crippen LogP contribution < -0.4 is 10.5 Å². The lowest BCUT2D eigenvalue weighted by molar-refractivity contribution is 0.207. The maximum absolute atomic E-state index is 5.72. The third-order valence-electron chi connectivity index (χ3n) is 2.86. The van der Waals surface area contributed by atoms with Crippen molar-refractivity contribution in [3.63, 3.8) is 0 Å². The van der Waals surface area contributed by atoms with Gasteiger partial charge in [0.15, 0.2) is 0 Å². The fourth-order valence-electron chi connectivity index (χ4n) is 2.14. The Morgan fingerprint density at radius 1 is 1.16 bits per heavy atom. The first kappa shape index (κ1) is 16.0. The molecule has 2 N–H and O–H groups in total. The highest BCUT2D eigenvalue weighted by Crippen LogP contribution is 2.15. The molecule has 0 amide bonds. The molecule has 3 nitrogen and oxygen atoms in total. The van der Waals surface area contributed by atoms with Gasteiger partial charge in [0.25, 0.3) is 0 Å². The molecule has 0 unspecified atom stereocenters. The maximum atomic E-state index is 5.72. The zero-order valence-electron chi connectivity index (χ0n) is 12.8. The lowest BCUT2D eigenvalue weighted by Gasteiger charge is -2.26. The van der Waals surface area contributed by atoms with E-state index >= 15 is 0 Å². The van der Waals surface area contributed by atoms with E-state index in [1.165, 1.54) is 0 Å². The Kier molecular flexibility index (Phi) is 6.32. The number of nitrogens with two attached hydrogens (primary N) is 1. The zero-order chi connectivity index (χ0) is 14.3. The number of rotatable bonds is 7. The molecule has 0 aliphatic heterocycles. The van der Waals surface area contributed by atoms with Crippen LogP contribution in [0.25, 0.3) is 0 Å². The summed E-state index contributed by atoms with van der Waals surface area (Å²) >= 11 is 0. The van der Waals surface area contributed by atoms with Gasteiger partial charge in [-0.2, -0.15) is 0 Å². The van der Waals surface area contributed by atoms with Crippen LogP contribution in [0.2, 0.25) is 0 Å². The standard InChI is InChI=1S/C16H28N2O/c1-16(2,3)13-18(4)10-5-11-19-15-8-6-14(12-17)7-9-15/h6-9H,5,10-13,17H2,1-4H3. The predicted molar refractivity (Wildman–Crippen MR) is 81.4 cm³/mol. The zero-order valence-corrected chi connectivity index (χ0v) is 12.8. The summed E-state index contributed by atoms with van der Waals surface area (Å²) in [6, 6.07) is 8.00. The van der Waals surface area contributed by atoms with E-state index in [1.54, 1.807) is 0 Å². The summed E-state index contributed by atoms with van der Waals surface area (Å²) in [6.07, 6.45) is 1.05. The third-order valence-corrected chi connectivity index (χ3v) is 2.86. The molecule has 3 heteroatoms. The lowest BCUT2D eigenvalue weighted by Crippen LogP contribution is -2.30. The number of ether oxygens (including phenoxy) is 1. The van der Waals surface area contributed by atoms with Gasteiger partial charge < -0.3 is 15.4 Å². The van der Waals surface area contributed by atoms with Crippen molar-refractivity contribution in [1.82, 2.24) is 4.90 Å². The first-order valence-electron chi connectivity index (χ1n) is 7.01. The van der Waals surface area contributed by atoms with Crippen LogP contribution in [0.15, 0.2) is 24.3 Å². The number of nitrogens with zero attached hydrogens (tertiary/aromatic N) is 1. The molecule has 0 radical (unpaired) electrons.